The Morgan fingerprint density at radius 3 is 2.47 bits per heavy atom. The molecule has 3 atom stereocenters. The number of nitrogens with zero attached hydrogens (tertiary/aromatic N) is 2. The van der Waals surface area contributed by atoms with Crippen LogP contribution in [0.15, 0.2) is 59.1 Å². The molecule has 5 rings (SSSR count). The fourth-order valence-corrected chi connectivity index (χ4v) is 5.30. The van der Waals surface area contributed by atoms with Crippen molar-refractivity contribution in [1.82, 2.24) is 10.1 Å². The monoisotopic (exact) mass is 468 g/mol. The molecule has 1 aliphatic carbocycles. The van der Waals surface area contributed by atoms with Crippen LogP contribution >= 0.6 is 23.2 Å². The summed E-state index contributed by atoms with van der Waals surface area (Å²) < 4.78 is 5.27. The Morgan fingerprint density at radius 2 is 1.81 bits per heavy atom. The number of hydrogen-bond donors (Lipinski definition) is 0. The van der Waals surface area contributed by atoms with Crippen molar-refractivity contribution in [3.8, 4) is 0 Å². The highest BCUT2D eigenvalue weighted by molar-refractivity contribution is 6.30. The Labute approximate surface area is 198 Å². The minimum Gasteiger partial charge on any atom is -0.361 e. The maximum Gasteiger partial charge on any atom is 0.226 e. The van der Waals surface area contributed by atoms with Crippen molar-refractivity contribution in [2.24, 2.45) is 11.8 Å². The highest BCUT2D eigenvalue weighted by Gasteiger charge is 2.44. The first-order valence-corrected chi connectivity index (χ1v) is 12.0. The van der Waals surface area contributed by atoms with E-state index in [2.05, 4.69) is 28.3 Å². The molecule has 166 valence electrons. The van der Waals surface area contributed by atoms with Crippen molar-refractivity contribution in [3.05, 3.63) is 87.2 Å². The average Bonchev–Trinajstić information content (AvgIpc) is 3.50. The Morgan fingerprint density at radius 1 is 1.03 bits per heavy atom. The van der Waals surface area contributed by atoms with Gasteiger partial charge in [0.1, 0.15) is 5.76 Å². The lowest BCUT2D eigenvalue weighted by Gasteiger charge is -2.45. The van der Waals surface area contributed by atoms with Crippen LogP contribution in [0.1, 0.15) is 53.8 Å². The predicted molar refractivity (Wildman–Crippen MR) is 126 cm³/mol. The third-order valence-electron chi connectivity index (χ3n) is 6.66. The van der Waals surface area contributed by atoms with E-state index in [0.717, 1.165) is 35.5 Å². The first-order chi connectivity index (χ1) is 15.5. The molecule has 0 bridgehead atoms. The Hall–Kier alpha value is -2.30. The van der Waals surface area contributed by atoms with E-state index in [1.165, 1.54) is 12.8 Å². The molecular formula is C26H26Cl2N2O2. The molecule has 3 aromatic rings. The van der Waals surface area contributed by atoms with Crippen LogP contribution < -0.4 is 0 Å². The van der Waals surface area contributed by atoms with Crippen LogP contribution in [0, 0.1) is 18.8 Å². The second-order valence-corrected chi connectivity index (χ2v) is 10.0. The van der Waals surface area contributed by atoms with Gasteiger partial charge in [-0.15, -0.1) is 0 Å². The van der Waals surface area contributed by atoms with E-state index in [-0.39, 0.29) is 23.8 Å². The minimum absolute atomic E-state index is 0.0471. The molecule has 2 aliphatic rings. The fourth-order valence-electron chi connectivity index (χ4n) is 4.97. The van der Waals surface area contributed by atoms with Gasteiger partial charge < -0.3 is 9.42 Å². The third kappa shape index (κ3) is 4.57. The minimum atomic E-state index is -0.147. The lowest BCUT2D eigenvalue weighted by atomic mass is 9.74. The number of carbonyl (C=O) groups excluding carboxylic acids is 1. The molecule has 4 nitrogen and oxygen atoms in total. The lowest BCUT2D eigenvalue weighted by Crippen LogP contribution is -2.48. The number of aromatic nitrogens is 1. The van der Waals surface area contributed by atoms with Gasteiger partial charge in [0.2, 0.25) is 5.91 Å². The number of piperidine rings is 1. The first-order valence-electron chi connectivity index (χ1n) is 11.2. The van der Waals surface area contributed by atoms with Crippen LogP contribution in [0.2, 0.25) is 10.0 Å². The lowest BCUT2D eigenvalue weighted by molar-refractivity contribution is -0.143. The predicted octanol–water partition coefficient (Wildman–Crippen LogP) is 6.62. The number of likely N-dealkylation sites (tertiary alicyclic amines) is 1. The van der Waals surface area contributed by atoms with E-state index >= 15 is 0 Å². The standard InChI is InChI=1S/C26H26Cl2N2O2/c1-16-11-23(29-32-16)13-20-14-24(19-3-2-4-22(28)12-19)25(18-7-9-21(27)10-8-18)30(26(20)31)15-17-5-6-17/h2-4,7-12,17,20,24-25H,5-6,13-15H2,1H3/t20-,24-,25-/m1/s1. The van der Waals surface area contributed by atoms with Gasteiger partial charge in [0.05, 0.1) is 11.7 Å². The van der Waals surface area contributed by atoms with Crippen molar-refractivity contribution in [1.29, 1.82) is 0 Å². The quantitative estimate of drug-likeness (QED) is 0.408. The maximum atomic E-state index is 13.8. The fraction of sp³-hybridized carbons (Fsp3) is 0.385. The van der Waals surface area contributed by atoms with E-state index in [1.54, 1.807) is 0 Å². The summed E-state index contributed by atoms with van der Waals surface area (Å²) in [4.78, 5) is 15.9. The molecule has 2 aromatic carbocycles. The summed E-state index contributed by atoms with van der Waals surface area (Å²) >= 11 is 12.6. The van der Waals surface area contributed by atoms with Gasteiger partial charge in [-0.05, 0) is 67.5 Å². The van der Waals surface area contributed by atoms with Gasteiger partial charge in [0.25, 0.3) is 0 Å². The molecule has 32 heavy (non-hydrogen) atoms. The highest BCUT2D eigenvalue weighted by atomic mass is 35.5. The van der Waals surface area contributed by atoms with Crippen molar-refractivity contribution in [2.75, 3.05) is 6.54 Å². The Bertz CT molecular complexity index is 1110. The summed E-state index contributed by atoms with van der Waals surface area (Å²) in [5, 5.41) is 5.57. The molecule has 0 N–H and O–H groups in total. The molecule has 0 radical (unpaired) electrons. The summed E-state index contributed by atoms with van der Waals surface area (Å²) in [6.45, 7) is 2.67. The molecular weight excluding hydrogens is 443 g/mol. The van der Waals surface area contributed by atoms with E-state index in [1.807, 2.05) is 43.3 Å². The largest absolute Gasteiger partial charge is 0.361 e. The molecule has 2 heterocycles. The van der Waals surface area contributed by atoms with Gasteiger partial charge >= 0.3 is 0 Å². The number of halogens is 2. The molecule has 1 amide bonds. The molecule has 0 spiro atoms. The zero-order chi connectivity index (χ0) is 22.2. The second-order valence-electron chi connectivity index (χ2n) is 9.16. The van der Waals surface area contributed by atoms with Crippen molar-refractivity contribution in [3.63, 3.8) is 0 Å². The van der Waals surface area contributed by atoms with Gasteiger partial charge in [-0.3, -0.25) is 4.79 Å². The van der Waals surface area contributed by atoms with E-state index in [9.17, 15) is 4.79 Å². The van der Waals surface area contributed by atoms with Gasteiger partial charge in [-0.25, -0.2) is 0 Å². The summed E-state index contributed by atoms with van der Waals surface area (Å²) in [7, 11) is 0. The van der Waals surface area contributed by atoms with Crippen LogP contribution in [-0.4, -0.2) is 22.5 Å². The van der Waals surface area contributed by atoms with Gasteiger partial charge in [0.15, 0.2) is 0 Å². The van der Waals surface area contributed by atoms with Gasteiger partial charge in [0, 0.05) is 40.9 Å². The molecule has 6 heteroatoms. The number of carbonyl (C=O) groups is 1. The van der Waals surface area contributed by atoms with Gasteiger partial charge in [-0.2, -0.15) is 0 Å². The van der Waals surface area contributed by atoms with E-state index in [0.29, 0.717) is 22.4 Å². The molecule has 1 saturated carbocycles. The first kappa shape index (κ1) is 21.5. The van der Waals surface area contributed by atoms with Gasteiger partial charge in [-0.1, -0.05) is 52.6 Å². The second kappa shape index (κ2) is 8.92. The van der Waals surface area contributed by atoms with Crippen molar-refractivity contribution >= 4 is 29.1 Å². The normalized spacial score (nSPS) is 23.5. The van der Waals surface area contributed by atoms with E-state index in [4.69, 9.17) is 27.7 Å². The summed E-state index contributed by atoms with van der Waals surface area (Å²) in [6, 6.07) is 17.9. The number of aryl methyl sites for hydroxylation is 1. The maximum absolute atomic E-state index is 13.8. The van der Waals surface area contributed by atoms with Crippen LogP contribution in [0.4, 0.5) is 0 Å². The van der Waals surface area contributed by atoms with Crippen molar-refractivity contribution in [2.45, 2.75) is 44.6 Å². The Balaban J connectivity index is 1.56. The average molecular weight is 469 g/mol. The third-order valence-corrected chi connectivity index (χ3v) is 7.15. The van der Waals surface area contributed by atoms with Crippen molar-refractivity contribution < 1.29 is 9.32 Å². The smallest absolute Gasteiger partial charge is 0.226 e. The van der Waals surface area contributed by atoms with Crippen LogP contribution in [0.3, 0.4) is 0 Å². The van der Waals surface area contributed by atoms with Crippen LogP contribution in [-0.2, 0) is 11.2 Å². The molecule has 0 unspecified atom stereocenters. The zero-order valence-corrected chi connectivity index (χ0v) is 19.5. The number of rotatable bonds is 6. The van der Waals surface area contributed by atoms with Crippen LogP contribution in [0.5, 0.6) is 0 Å². The topological polar surface area (TPSA) is 46.3 Å². The summed E-state index contributed by atoms with van der Waals surface area (Å²) in [5.41, 5.74) is 3.11. The number of benzene rings is 2. The molecule has 1 saturated heterocycles. The van der Waals surface area contributed by atoms with Crippen LogP contribution in [0.25, 0.3) is 0 Å². The Kier molecular flexibility index (Phi) is 6.00. The SMILES string of the molecule is Cc1cc(C[C@@H]2C[C@H](c3cccc(Cl)c3)[C@@H](c3ccc(Cl)cc3)N(CC3CC3)C2=O)no1. The molecule has 1 aromatic heterocycles. The van der Waals surface area contributed by atoms with E-state index < -0.39 is 0 Å². The summed E-state index contributed by atoms with van der Waals surface area (Å²) in [6.07, 6.45) is 3.69. The number of amides is 1. The molecule has 2 fully saturated rings. The summed E-state index contributed by atoms with van der Waals surface area (Å²) in [5.74, 6) is 1.54. The molecule has 1 aliphatic heterocycles. The number of hydrogen-bond acceptors (Lipinski definition) is 3. The highest BCUT2D eigenvalue weighted by Crippen LogP contribution is 2.48. The zero-order valence-electron chi connectivity index (χ0n) is 18.0.